The molecule has 0 fully saturated rings. The second-order valence-corrected chi connectivity index (χ2v) is 6.32. The van der Waals surface area contributed by atoms with Gasteiger partial charge in [-0.25, -0.2) is 4.39 Å². The number of amides is 2. The molecule has 2 aromatic rings. The predicted octanol–water partition coefficient (Wildman–Crippen LogP) is 4.60. The van der Waals surface area contributed by atoms with Crippen molar-refractivity contribution in [2.75, 3.05) is 16.8 Å². The first-order chi connectivity index (χ1) is 12.4. The first-order valence-electron chi connectivity index (χ1n) is 8.51. The molecule has 0 saturated carbocycles. The Morgan fingerprint density at radius 1 is 1.12 bits per heavy atom. The van der Waals surface area contributed by atoms with Crippen LogP contribution in [0.5, 0.6) is 0 Å². The molecule has 0 saturated heterocycles. The summed E-state index contributed by atoms with van der Waals surface area (Å²) in [6.45, 7) is 5.21. The predicted molar refractivity (Wildman–Crippen MR) is 103 cm³/mol. The Labute approximate surface area is 158 Å². The van der Waals surface area contributed by atoms with Crippen molar-refractivity contribution in [2.45, 2.75) is 33.6 Å². The van der Waals surface area contributed by atoms with Gasteiger partial charge < -0.3 is 10.2 Å². The number of nitrogens with one attached hydrogen (secondary N) is 1. The Balaban J connectivity index is 2.24. The quantitative estimate of drug-likeness (QED) is 0.801. The lowest BCUT2D eigenvalue weighted by molar-refractivity contribution is -0.120. The van der Waals surface area contributed by atoms with E-state index in [9.17, 15) is 14.0 Å². The minimum atomic E-state index is -0.576. The highest BCUT2D eigenvalue weighted by Gasteiger charge is 2.18. The summed E-state index contributed by atoms with van der Waals surface area (Å²) in [5.41, 5.74) is 3.25. The van der Waals surface area contributed by atoms with Crippen molar-refractivity contribution in [3.05, 3.63) is 58.4 Å². The number of carbonyl (C=O) groups is 2. The van der Waals surface area contributed by atoms with Gasteiger partial charge in [-0.2, -0.15) is 0 Å². The van der Waals surface area contributed by atoms with Gasteiger partial charge in [0, 0.05) is 18.3 Å². The van der Waals surface area contributed by atoms with Crippen LogP contribution in [0.2, 0.25) is 5.02 Å². The highest BCUT2D eigenvalue weighted by Crippen LogP contribution is 2.24. The maximum Gasteiger partial charge on any atom is 0.244 e. The van der Waals surface area contributed by atoms with Gasteiger partial charge in [0.1, 0.15) is 12.4 Å². The largest absolute Gasteiger partial charge is 0.324 e. The summed E-state index contributed by atoms with van der Waals surface area (Å²) >= 11 is 5.79. The van der Waals surface area contributed by atoms with Crippen LogP contribution in [-0.2, 0) is 22.4 Å². The standard InChI is InChI=1S/C20H22ClFN2O2/c1-4-14-7-6-8-15(5-2)20(14)23-19(26)12-24(13(3)25)16-9-10-18(22)17(21)11-16/h6-11H,4-5,12H2,1-3H3,(H,23,26). The van der Waals surface area contributed by atoms with Crippen molar-refractivity contribution in [2.24, 2.45) is 0 Å². The van der Waals surface area contributed by atoms with Crippen LogP contribution in [0.15, 0.2) is 36.4 Å². The summed E-state index contributed by atoms with van der Waals surface area (Å²) in [4.78, 5) is 25.8. The van der Waals surface area contributed by atoms with E-state index in [1.807, 2.05) is 32.0 Å². The number of carbonyl (C=O) groups excluding carboxylic acids is 2. The minimum Gasteiger partial charge on any atom is -0.324 e. The fraction of sp³-hybridized carbons (Fsp3) is 0.300. The molecule has 0 spiro atoms. The Kier molecular flexibility index (Phi) is 6.75. The molecule has 0 heterocycles. The van der Waals surface area contributed by atoms with E-state index in [-0.39, 0.29) is 23.4 Å². The summed E-state index contributed by atoms with van der Waals surface area (Å²) in [6.07, 6.45) is 1.57. The number of hydrogen-bond donors (Lipinski definition) is 1. The zero-order valence-corrected chi connectivity index (χ0v) is 15.9. The fourth-order valence-electron chi connectivity index (χ4n) is 2.76. The van der Waals surface area contributed by atoms with Crippen molar-refractivity contribution in [3.8, 4) is 0 Å². The van der Waals surface area contributed by atoms with Crippen molar-refractivity contribution in [1.29, 1.82) is 0 Å². The van der Waals surface area contributed by atoms with Crippen molar-refractivity contribution in [3.63, 3.8) is 0 Å². The first-order valence-corrected chi connectivity index (χ1v) is 8.88. The Morgan fingerprint density at radius 3 is 2.23 bits per heavy atom. The molecule has 0 aromatic heterocycles. The molecule has 0 aliphatic heterocycles. The third kappa shape index (κ3) is 4.61. The topological polar surface area (TPSA) is 49.4 Å². The lowest BCUT2D eigenvalue weighted by Gasteiger charge is -2.22. The lowest BCUT2D eigenvalue weighted by Crippen LogP contribution is -2.37. The SMILES string of the molecule is CCc1cccc(CC)c1NC(=O)CN(C(C)=O)c1ccc(F)c(Cl)c1. The van der Waals surface area contributed by atoms with E-state index in [1.54, 1.807) is 0 Å². The number of aryl methyl sites for hydroxylation is 2. The van der Waals surface area contributed by atoms with E-state index in [2.05, 4.69) is 5.32 Å². The molecule has 0 radical (unpaired) electrons. The molecule has 6 heteroatoms. The first kappa shape index (κ1) is 19.9. The van der Waals surface area contributed by atoms with Crippen LogP contribution < -0.4 is 10.2 Å². The number of rotatable bonds is 6. The molecule has 1 N–H and O–H groups in total. The van der Waals surface area contributed by atoms with Crippen molar-refractivity contribution >= 4 is 34.8 Å². The molecule has 0 unspecified atom stereocenters. The third-order valence-corrected chi connectivity index (χ3v) is 4.45. The van der Waals surface area contributed by atoms with Gasteiger partial charge in [-0.15, -0.1) is 0 Å². The van der Waals surface area contributed by atoms with Crippen LogP contribution in [0, 0.1) is 5.82 Å². The average Bonchev–Trinajstić information content (AvgIpc) is 2.62. The van der Waals surface area contributed by atoms with Gasteiger partial charge in [0.2, 0.25) is 11.8 Å². The van der Waals surface area contributed by atoms with E-state index < -0.39 is 5.82 Å². The zero-order chi connectivity index (χ0) is 19.3. The molecule has 0 aliphatic carbocycles. The van der Waals surface area contributed by atoms with Gasteiger partial charge in [-0.1, -0.05) is 43.6 Å². The summed E-state index contributed by atoms with van der Waals surface area (Å²) in [5, 5.41) is 2.82. The summed E-state index contributed by atoms with van der Waals surface area (Å²) in [6, 6.07) is 9.84. The fourth-order valence-corrected chi connectivity index (χ4v) is 2.94. The second-order valence-electron chi connectivity index (χ2n) is 5.91. The van der Waals surface area contributed by atoms with Gasteiger partial charge in [-0.05, 0) is 42.2 Å². The van der Waals surface area contributed by atoms with Gasteiger partial charge in [0.05, 0.1) is 5.02 Å². The van der Waals surface area contributed by atoms with Gasteiger partial charge in [0.25, 0.3) is 0 Å². The van der Waals surface area contributed by atoms with Crippen molar-refractivity contribution in [1.82, 2.24) is 0 Å². The Morgan fingerprint density at radius 2 is 1.73 bits per heavy atom. The van der Waals surface area contributed by atoms with Gasteiger partial charge >= 0.3 is 0 Å². The van der Waals surface area contributed by atoms with Crippen molar-refractivity contribution < 1.29 is 14.0 Å². The number of para-hydroxylation sites is 1. The maximum absolute atomic E-state index is 13.4. The zero-order valence-electron chi connectivity index (χ0n) is 15.1. The van der Waals surface area contributed by atoms with E-state index in [4.69, 9.17) is 11.6 Å². The van der Waals surface area contributed by atoms with Gasteiger partial charge in [-0.3, -0.25) is 9.59 Å². The molecule has 2 amide bonds. The molecule has 2 rings (SSSR count). The maximum atomic E-state index is 13.4. The number of benzene rings is 2. The summed E-state index contributed by atoms with van der Waals surface area (Å²) in [7, 11) is 0. The highest BCUT2D eigenvalue weighted by molar-refractivity contribution is 6.31. The van der Waals surface area contributed by atoms with E-state index in [0.717, 1.165) is 29.7 Å². The molecule has 0 atom stereocenters. The average molecular weight is 377 g/mol. The van der Waals surface area contributed by atoms with E-state index in [0.29, 0.717) is 5.69 Å². The monoisotopic (exact) mass is 376 g/mol. The number of halogens is 2. The third-order valence-electron chi connectivity index (χ3n) is 4.16. The molecule has 4 nitrogen and oxygen atoms in total. The summed E-state index contributed by atoms with van der Waals surface area (Å²) < 4.78 is 13.4. The van der Waals surface area contributed by atoms with E-state index >= 15 is 0 Å². The van der Waals surface area contributed by atoms with Crippen LogP contribution in [0.4, 0.5) is 15.8 Å². The highest BCUT2D eigenvalue weighted by atomic mass is 35.5. The minimum absolute atomic E-state index is 0.0984. The van der Waals surface area contributed by atoms with Crippen LogP contribution >= 0.6 is 11.6 Å². The molecule has 0 aliphatic rings. The Hall–Kier alpha value is -2.40. The molecule has 138 valence electrons. The number of anilines is 2. The lowest BCUT2D eigenvalue weighted by atomic mass is 10.0. The molecule has 2 aromatic carbocycles. The van der Waals surface area contributed by atoms with Crippen LogP contribution in [-0.4, -0.2) is 18.4 Å². The molecule has 26 heavy (non-hydrogen) atoms. The van der Waals surface area contributed by atoms with E-state index in [1.165, 1.54) is 30.0 Å². The second kappa shape index (κ2) is 8.81. The van der Waals surface area contributed by atoms with Crippen LogP contribution in [0.1, 0.15) is 31.9 Å². The number of hydrogen-bond acceptors (Lipinski definition) is 2. The van der Waals surface area contributed by atoms with Crippen LogP contribution in [0.3, 0.4) is 0 Å². The number of nitrogens with zero attached hydrogens (tertiary/aromatic N) is 1. The molecule has 0 bridgehead atoms. The molecular formula is C20H22ClFN2O2. The Bertz CT molecular complexity index is 801. The smallest absolute Gasteiger partial charge is 0.244 e. The van der Waals surface area contributed by atoms with Crippen LogP contribution in [0.25, 0.3) is 0 Å². The summed E-state index contributed by atoms with van der Waals surface area (Å²) in [5.74, 6) is -1.23. The molecular weight excluding hydrogens is 355 g/mol. The van der Waals surface area contributed by atoms with Gasteiger partial charge in [0.15, 0.2) is 0 Å². The normalized spacial score (nSPS) is 10.5.